The Balaban J connectivity index is 3.50. The second-order valence-electron chi connectivity index (χ2n) is 2.76. The summed E-state index contributed by atoms with van der Waals surface area (Å²) in [5.41, 5.74) is 0. The first kappa shape index (κ1) is 9.88. The molecule has 0 saturated carbocycles. The summed E-state index contributed by atoms with van der Waals surface area (Å²) in [6, 6.07) is 0.485. The van der Waals surface area contributed by atoms with E-state index in [-0.39, 0.29) is 13.2 Å². The van der Waals surface area contributed by atoms with Crippen LogP contribution in [0.5, 0.6) is 0 Å². The molecule has 0 bridgehead atoms. The average molecular weight is 148 g/mol. The molecule has 0 fully saturated rings. The summed E-state index contributed by atoms with van der Waals surface area (Å²) in [6.45, 7) is 6.04. The predicted molar refractivity (Wildman–Crippen MR) is 40.0 cm³/mol. The molecule has 0 aliphatic carbocycles. The predicted octanol–water partition coefficient (Wildman–Crippen LogP) is -1.74. The van der Waals surface area contributed by atoms with Crippen LogP contribution < -0.4 is 4.90 Å². The molecule has 0 aromatic rings. The maximum absolute atomic E-state index is 8.61. The van der Waals surface area contributed by atoms with Crippen molar-refractivity contribution in [3.8, 4) is 0 Å². The van der Waals surface area contributed by atoms with E-state index in [4.69, 9.17) is 10.2 Å². The Kier molecular flexibility index (Phi) is 5.58. The van der Waals surface area contributed by atoms with E-state index >= 15 is 0 Å². The molecule has 3 heteroatoms. The van der Waals surface area contributed by atoms with Gasteiger partial charge < -0.3 is 15.1 Å². The van der Waals surface area contributed by atoms with Gasteiger partial charge in [0.05, 0.1) is 19.3 Å². The van der Waals surface area contributed by atoms with Crippen LogP contribution in [0.2, 0.25) is 0 Å². The molecule has 3 N–H and O–H groups in total. The molecule has 0 atom stereocenters. The third-order valence-corrected chi connectivity index (χ3v) is 1.68. The van der Waals surface area contributed by atoms with Gasteiger partial charge in [-0.05, 0) is 13.8 Å². The largest absolute Gasteiger partial charge is 0.391 e. The summed E-state index contributed by atoms with van der Waals surface area (Å²) in [4.78, 5) is 1.25. The van der Waals surface area contributed by atoms with Crippen molar-refractivity contribution in [3.05, 3.63) is 0 Å². The van der Waals surface area contributed by atoms with E-state index in [1.807, 2.05) is 0 Å². The molecule has 0 unspecified atom stereocenters. The van der Waals surface area contributed by atoms with Crippen LogP contribution in [0, 0.1) is 0 Å². The molecule has 0 rings (SSSR count). The topological polar surface area (TPSA) is 44.9 Å². The van der Waals surface area contributed by atoms with Crippen LogP contribution >= 0.6 is 0 Å². The van der Waals surface area contributed by atoms with Gasteiger partial charge in [-0.25, -0.2) is 0 Å². The van der Waals surface area contributed by atoms with E-state index in [0.717, 1.165) is 13.1 Å². The summed E-state index contributed by atoms with van der Waals surface area (Å²) in [7, 11) is 0. The van der Waals surface area contributed by atoms with E-state index in [0.29, 0.717) is 6.04 Å². The first-order valence-electron chi connectivity index (χ1n) is 3.78. The first-order chi connectivity index (χ1) is 4.72. The zero-order valence-corrected chi connectivity index (χ0v) is 6.80. The van der Waals surface area contributed by atoms with Crippen LogP contribution in [0.1, 0.15) is 13.8 Å². The number of hydrogen-bond acceptors (Lipinski definition) is 2. The minimum atomic E-state index is 0.202. The summed E-state index contributed by atoms with van der Waals surface area (Å²) in [5, 5.41) is 17.2. The Morgan fingerprint density at radius 2 is 1.50 bits per heavy atom. The van der Waals surface area contributed by atoms with Crippen LogP contribution in [-0.2, 0) is 0 Å². The zero-order valence-electron chi connectivity index (χ0n) is 6.80. The highest BCUT2D eigenvalue weighted by atomic mass is 16.3. The van der Waals surface area contributed by atoms with Crippen LogP contribution in [0.3, 0.4) is 0 Å². The van der Waals surface area contributed by atoms with Crippen molar-refractivity contribution in [2.75, 3.05) is 26.3 Å². The van der Waals surface area contributed by atoms with Gasteiger partial charge in [-0.3, -0.25) is 0 Å². The van der Waals surface area contributed by atoms with Gasteiger partial charge in [0, 0.05) is 0 Å². The van der Waals surface area contributed by atoms with Gasteiger partial charge in [-0.15, -0.1) is 0 Å². The van der Waals surface area contributed by atoms with Crippen LogP contribution in [0.25, 0.3) is 0 Å². The molecule has 0 aromatic carbocycles. The Hall–Kier alpha value is -0.120. The van der Waals surface area contributed by atoms with Crippen LogP contribution in [0.4, 0.5) is 0 Å². The normalized spacial score (nSPS) is 11.4. The lowest BCUT2D eigenvalue weighted by Crippen LogP contribution is -3.15. The van der Waals surface area contributed by atoms with Crippen molar-refractivity contribution in [2.45, 2.75) is 19.9 Å². The van der Waals surface area contributed by atoms with E-state index < -0.39 is 0 Å². The van der Waals surface area contributed by atoms with E-state index in [1.165, 1.54) is 4.90 Å². The Labute approximate surface area is 62.3 Å². The molecular formula is C7H18NO2+. The highest BCUT2D eigenvalue weighted by molar-refractivity contribution is 4.35. The quantitative estimate of drug-likeness (QED) is 0.433. The van der Waals surface area contributed by atoms with Gasteiger partial charge >= 0.3 is 0 Å². The number of rotatable bonds is 5. The maximum Gasteiger partial charge on any atom is 0.101 e. The molecule has 0 aliphatic rings. The molecule has 0 spiro atoms. The van der Waals surface area contributed by atoms with Gasteiger partial charge in [-0.2, -0.15) is 0 Å². The molecule has 0 amide bonds. The number of quaternary nitrogens is 1. The third kappa shape index (κ3) is 3.82. The lowest BCUT2D eigenvalue weighted by atomic mass is 10.3. The lowest BCUT2D eigenvalue weighted by Gasteiger charge is -2.21. The molecule has 0 heterocycles. The van der Waals surface area contributed by atoms with Crippen molar-refractivity contribution >= 4 is 0 Å². The number of aliphatic hydroxyl groups excluding tert-OH is 2. The molecule has 0 aromatic heterocycles. The molecular weight excluding hydrogens is 130 g/mol. The first-order valence-corrected chi connectivity index (χ1v) is 3.78. The Bertz CT molecular complexity index is 70.0. The zero-order chi connectivity index (χ0) is 7.98. The highest BCUT2D eigenvalue weighted by Crippen LogP contribution is 1.67. The summed E-state index contributed by atoms with van der Waals surface area (Å²) < 4.78 is 0. The van der Waals surface area contributed by atoms with Gasteiger partial charge in [0.2, 0.25) is 0 Å². The molecule has 0 radical (unpaired) electrons. The van der Waals surface area contributed by atoms with Crippen LogP contribution in [0.15, 0.2) is 0 Å². The summed E-state index contributed by atoms with van der Waals surface area (Å²) >= 11 is 0. The highest BCUT2D eigenvalue weighted by Gasteiger charge is 2.09. The number of aliphatic hydroxyl groups is 2. The third-order valence-electron chi connectivity index (χ3n) is 1.68. The second-order valence-corrected chi connectivity index (χ2v) is 2.76. The van der Waals surface area contributed by atoms with Crippen molar-refractivity contribution in [1.82, 2.24) is 0 Å². The fraction of sp³-hybridized carbons (Fsp3) is 1.00. The van der Waals surface area contributed by atoms with Gasteiger partial charge in [0.15, 0.2) is 0 Å². The summed E-state index contributed by atoms with van der Waals surface area (Å²) in [6.07, 6.45) is 0. The standard InChI is InChI=1S/C7H17NO2/c1-7(2)8(3-5-9)4-6-10/h7,9-10H,3-6H2,1-2H3/p+1. The van der Waals surface area contributed by atoms with E-state index in [1.54, 1.807) is 0 Å². The van der Waals surface area contributed by atoms with Crippen molar-refractivity contribution < 1.29 is 15.1 Å². The Morgan fingerprint density at radius 3 is 1.70 bits per heavy atom. The Morgan fingerprint density at radius 1 is 1.10 bits per heavy atom. The molecule has 10 heavy (non-hydrogen) atoms. The number of nitrogens with one attached hydrogen (secondary N) is 1. The fourth-order valence-corrected chi connectivity index (χ4v) is 0.990. The SMILES string of the molecule is CC(C)[NH+](CCO)CCO. The van der Waals surface area contributed by atoms with Gasteiger partial charge in [-0.1, -0.05) is 0 Å². The molecule has 62 valence electrons. The van der Waals surface area contributed by atoms with E-state index in [9.17, 15) is 0 Å². The van der Waals surface area contributed by atoms with E-state index in [2.05, 4.69) is 13.8 Å². The maximum atomic E-state index is 8.61. The minimum Gasteiger partial charge on any atom is -0.391 e. The lowest BCUT2D eigenvalue weighted by molar-refractivity contribution is -0.922. The fourth-order valence-electron chi connectivity index (χ4n) is 0.990. The second kappa shape index (κ2) is 5.65. The molecule has 0 aliphatic heterocycles. The molecule has 0 saturated heterocycles. The van der Waals surface area contributed by atoms with Crippen molar-refractivity contribution in [2.24, 2.45) is 0 Å². The molecule has 3 nitrogen and oxygen atoms in total. The number of hydrogen-bond donors (Lipinski definition) is 3. The summed E-state index contributed by atoms with van der Waals surface area (Å²) in [5.74, 6) is 0. The van der Waals surface area contributed by atoms with Crippen molar-refractivity contribution in [1.29, 1.82) is 0 Å². The van der Waals surface area contributed by atoms with Gasteiger partial charge in [0.1, 0.15) is 13.1 Å². The smallest absolute Gasteiger partial charge is 0.101 e. The van der Waals surface area contributed by atoms with Crippen molar-refractivity contribution in [3.63, 3.8) is 0 Å². The van der Waals surface area contributed by atoms with Crippen LogP contribution in [-0.4, -0.2) is 42.6 Å². The average Bonchev–Trinajstić information content (AvgIpc) is 1.87. The monoisotopic (exact) mass is 148 g/mol. The minimum absolute atomic E-state index is 0.202. The van der Waals surface area contributed by atoms with Gasteiger partial charge in [0.25, 0.3) is 0 Å².